The molecule has 0 saturated carbocycles. The molecule has 2 atom stereocenters. The normalized spacial score (nSPS) is 19.4. The number of hydrogen-bond donors (Lipinski definition) is 2. The smallest absolute Gasteiger partial charge is 0.321 e. The molecule has 1 aliphatic rings. The van der Waals surface area contributed by atoms with Gasteiger partial charge in [0, 0.05) is 11.8 Å². The van der Waals surface area contributed by atoms with Gasteiger partial charge >= 0.3 is 5.97 Å². The maximum absolute atomic E-state index is 11.6. The number of nitro groups is 1. The zero-order valence-corrected chi connectivity index (χ0v) is 16.1. The van der Waals surface area contributed by atoms with Crippen LogP contribution in [0.1, 0.15) is 10.9 Å². The van der Waals surface area contributed by atoms with Gasteiger partial charge in [-0.05, 0) is 23.8 Å². The molecule has 7 nitrogen and oxygen atoms in total. The van der Waals surface area contributed by atoms with Gasteiger partial charge in [0.1, 0.15) is 6.04 Å². The highest BCUT2D eigenvalue weighted by Crippen LogP contribution is 2.41. The first-order valence-electron chi connectivity index (χ1n) is 7.93. The molecule has 1 saturated heterocycles. The van der Waals surface area contributed by atoms with Crippen LogP contribution < -0.4 is 5.32 Å². The van der Waals surface area contributed by atoms with Crippen molar-refractivity contribution in [1.29, 1.82) is 0 Å². The Balaban J connectivity index is 1.61. The van der Waals surface area contributed by atoms with Crippen molar-refractivity contribution in [3.63, 3.8) is 0 Å². The number of para-hydroxylation sites is 1. The van der Waals surface area contributed by atoms with Crippen molar-refractivity contribution in [2.45, 2.75) is 20.7 Å². The first-order valence-corrected chi connectivity index (χ1v) is 10.6. The summed E-state index contributed by atoms with van der Waals surface area (Å²) in [4.78, 5) is 27.3. The second-order valence-electron chi connectivity index (χ2n) is 5.80. The number of nitro benzene ring substituents is 1. The third-order valence-corrected chi connectivity index (χ3v) is 7.46. The molecule has 3 aromatic rings. The molecule has 2 N–H and O–H groups in total. The Bertz CT molecular complexity index is 1010. The highest BCUT2D eigenvalue weighted by molar-refractivity contribution is 8.01. The van der Waals surface area contributed by atoms with Crippen LogP contribution in [0.3, 0.4) is 0 Å². The van der Waals surface area contributed by atoms with Crippen molar-refractivity contribution in [2.24, 2.45) is 0 Å². The third-order valence-electron chi connectivity index (χ3n) is 4.03. The molecule has 0 amide bonds. The lowest BCUT2D eigenvalue weighted by atomic mass is 10.2. The van der Waals surface area contributed by atoms with Gasteiger partial charge in [0.2, 0.25) is 0 Å². The van der Waals surface area contributed by atoms with Crippen LogP contribution in [0.4, 0.5) is 5.69 Å². The molecule has 4 rings (SSSR count). The van der Waals surface area contributed by atoms with Crippen LogP contribution >= 0.6 is 34.9 Å². The Morgan fingerprint density at radius 1 is 1.33 bits per heavy atom. The van der Waals surface area contributed by atoms with E-state index < -0.39 is 16.9 Å². The Hall–Kier alpha value is -2.14. The van der Waals surface area contributed by atoms with Gasteiger partial charge in [0.25, 0.3) is 5.69 Å². The number of fused-ring (bicyclic) bond motifs is 1. The van der Waals surface area contributed by atoms with Crippen LogP contribution in [0, 0.1) is 10.1 Å². The number of hydrogen-bond acceptors (Lipinski definition) is 8. The summed E-state index contributed by atoms with van der Waals surface area (Å²) in [5, 5.41) is 23.4. The Morgan fingerprint density at radius 3 is 2.85 bits per heavy atom. The molecule has 2 heterocycles. The molecule has 1 aromatic heterocycles. The lowest BCUT2D eigenvalue weighted by Crippen LogP contribution is -2.33. The molecule has 0 radical (unpaired) electrons. The standard InChI is InChI=1S/C17H13N3O4S3/c21-16(22)11-8-25-15(18-11)9-5-6-14(12(7-9)20(23)24)27-17-19-10-3-1-2-4-13(10)26-17/h1-7,11,15,18H,8H2,(H,21,22)/t11-,15-/m0/s1. The fourth-order valence-electron chi connectivity index (χ4n) is 2.72. The van der Waals surface area contributed by atoms with E-state index in [1.54, 1.807) is 12.1 Å². The minimum atomic E-state index is -0.914. The van der Waals surface area contributed by atoms with Crippen molar-refractivity contribution in [3.05, 3.63) is 58.1 Å². The number of benzene rings is 2. The number of carbonyl (C=O) groups is 1. The van der Waals surface area contributed by atoms with E-state index in [0.29, 0.717) is 16.2 Å². The summed E-state index contributed by atoms with van der Waals surface area (Å²) in [6, 6.07) is 12.1. The van der Waals surface area contributed by atoms with E-state index in [9.17, 15) is 14.9 Å². The average Bonchev–Trinajstić information content (AvgIpc) is 3.28. The highest BCUT2D eigenvalue weighted by Gasteiger charge is 2.31. The molecule has 138 valence electrons. The molecule has 2 aromatic carbocycles. The van der Waals surface area contributed by atoms with Gasteiger partial charge < -0.3 is 5.11 Å². The number of carboxylic acid groups (broad SMARTS) is 1. The topological polar surface area (TPSA) is 105 Å². The number of nitrogens with one attached hydrogen (secondary N) is 1. The minimum absolute atomic E-state index is 0.00192. The van der Waals surface area contributed by atoms with Crippen LogP contribution in [0.5, 0.6) is 0 Å². The molecule has 10 heteroatoms. The second kappa shape index (κ2) is 7.47. The molecule has 27 heavy (non-hydrogen) atoms. The van der Waals surface area contributed by atoms with Crippen molar-refractivity contribution < 1.29 is 14.8 Å². The van der Waals surface area contributed by atoms with Gasteiger partial charge in [-0.1, -0.05) is 30.0 Å². The summed E-state index contributed by atoms with van der Waals surface area (Å²) >= 11 is 4.20. The fourth-order valence-corrected chi connectivity index (χ4v) is 6.05. The van der Waals surface area contributed by atoms with E-state index >= 15 is 0 Å². The van der Waals surface area contributed by atoms with Crippen molar-refractivity contribution in [2.75, 3.05) is 5.75 Å². The predicted molar refractivity (Wildman–Crippen MR) is 107 cm³/mol. The predicted octanol–water partition coefficient (Wildman–Crippen LogP) is 4.14. The van der Waals surface area contributed by atoms with Crippen LogP contribution in [0.15, 0.2) is 51.7 Å². The van der Waals surface area contributed by atoms with Gasteiger partial charge in [0.15, 0.2) is 4.34 Å². The zero-order valence-electron chi connectivity index (χ0n) is 13.7. The first-order chi connectivity index (χ1) is 13.0. The third kappa shape index (κ3) is 3.79. The van der Waals surface area contributed by atoms with E-state index in [0.717, 1.165) is 14.6 Å². The maximum atomic E-state index is 11.6. The lowest BCUT2D eigenvalue weighted by Gasteiger charge is -2.12. The summed E-state index contributed by atoms with van der Waals surface area (Å²) in [6.07, 6.45) is 0. The molecular weight excluding hydrogens is 406 g/mol. The summed E-state index contributed by atoms with van der Waals surface area (Å²) in [5.41, 5.74) is 1.57. The molecule has 0 bridgehead atoms. The molecular formula is C17H13N3O4S3. The number of thiazole rings is 1. The zero-order chi connectivity index (χ0) is 19.0. The van der Waals surface area contributed by atoms with E-state index in [2.05, 4.69) is 10.3 Å². The van der Waals surface area contributed by atoms with Gasteiger partial charge in [-0.25, -0.2) is 4.98 Å². The van der Waals surface area contributed by atoms with Gasteiger partial charge in [-0.3, -0.25) is 20.2 Å². The van der Waals surface area contributed by atoms with E-state index in [-0.39, 0.29) is 11.1 Å². The number of nitrogens with zero attached hydrogens (tertiary/aromatic N) is 2. The Morgan fingerprint density at radius 2 is 2.15 bits per heavy atom. The van der Waals surface area contributed by atoms with E-state index in [1.165, 1.54) is 40.9 Å². The highest BCUT2D eigenvalue weighted by atomic mass is 32.2. The molecule has 0 unspecified atom stereocenters. The number of aromatic nitrogens is 1. The fraction of sp³-hybridized carbons (Fsp3) is 0.176. The Kier molecular flexibility index (Phi) is 5.04. The number of aliphatic carboxylic acids is 1. The first kappa shape index (κ1) is 18.2. The van der Waals surface area contributed by atoms with Crippen LogP contribution in [-0.4, -0.2) is 32.8 Å². The summed E-state index contributed by atoms with van der Waals surface area (Å²) in [6.45, 7) is 0. The van der Waals surface area contributed by atoms with Crippen LogP contribution in [-0.2, 0) is 4.79 Å². The number of rotatable bonds is 5. The molecule has 1 aliphatic heterocycles. The average molecular weight is 420 g/mol. The summed E-state index contributed by atoms with van der Waals surface area (Å²) < 4.78 is 1.77. The van der Waals surface area contributed by atoms with Crippen LogP contribution in [0.25, 0.3) is 10.2 Å². The van der Waals surface area contributed by atoms with E-state index in [1.807, 2.05) is 24.3 Å². The van der Waals surface area contributed by atoms with Gasteiger partial charge in [0.05, 0.1) is 25.4 Å². The SMILES string of the molecule is O=C(O)[C@@H]1CS[C@@H](c2ccc(Sc3nc4ccccc4s3)c([N+](=O)[O-])c2)N1. The summed E-state index contributed by atoms with van der Waals surface area (Å²) in [7, 11) is 0. The van der Waals surface area contributed by atoms with Crippen molar-refractivity contribution >= 4 is 56.7 Å². The minimum Gasteiger partial charge on any atom is -0.480 e. The lowest BCUT2D eigenvalue weighted by molar-refractivity contribution is -0.387. The number of carboxylic acids is 1. The van der Waals surface area contributed by atoms with Gasteiger partial charge in [-0.15, -0.1) is 23.1 Å². The largest absolute Gasteiger partial charge is 0.480 e. The quantitative estimate of drug-likeness (QED) is 0.469. The van der Waals surface area contributed by atoms with E-state index in [4.69, 9.17) is 5.11 Å². The number of thioether (sulfide) groups is 1. The van der Waals surface area contributed by atoms with Crippen molar-refractivity contribution in [3.8, 4) is 0 Å². The van der Waals surface area contributed by atoms with Crippen LogP contribution in [0.2, 0.25) is 0 Å². The Labute approximate surface area is 166 Å². The maximum Gasteiger partial charge on any atom is 0.321 e. The molecule has 0 aliphatic carbocycles. The molecule has 0 spiro atoms. The van der Waals surface area contributed by atoms with Gasteiger partial charge in [-0.2, -0.15) is 0 Å². The van der Waals surface area contributed by atoms with Crippen molar-refractivity contribution in [1.82, 2.24) is 10.3 Å². The summed E-state index contributed by atoms with van der Waals surface area (Å²) in [5.74, 6) is -0.488. The second-order valence-corrected chi connectivity index (χ2v) is 9.26. The molecule has 1 fully saturated rings. The monoisotopic (exact) mass is 419 g/mol.